The number of para-hydroxylation sites is 1. The number of amides is 2. The minimum Gasteiger partial charge on any atom is -0.349 e. The Bertz CT molecular complexity index is 1040. The van der Waals surface area contributed by atoms with Gasteiger partial charge in [-0.05, 0) is 37.1 Å². The van der Waals surface area contributed by atoms with Gasteiger partial charge in [0, 0.05) is 36.7 Å². The minimum atomic E-state index is -0.0714. The van der Waals surface area contributed by atoms with Crippen molar-refractivity contribution in [2.24, 2.45) is 0 Å². The molecular formula is C22H21N3O2. The molecule has 4 rings (SSSR count). The van der Waals surface area contributed by atoms with E-state index in [-0.39, 0.29) is 17.9 Å². The van der Waals surface area contributed by atoms with E-state index in [0.717, 1.165) is 29.3 Å². The van der Waals surface area contributed by atoms with Crippen molar-refractivity contribution in [1.29, 1.82) is 0 Å². The maximum absolute atomic E-state index is 12.8. The van der Waals surface area contributed by atoms with Crippen LogP contribution in [0.25, 0.3) is 22.2 Å². The Balaban J connectivity index is 1.81. The van der Waals surface area contributed by atoms with Crippen molar-refractivity contribution in [1.82, 2.24) is 15.2 Å². The van der Waals surface area contributed by atoms with Crippen molar-refractivity contribution < 1.29 is 9.59 Å². The highest BCUT2D eigenvalue weighted by Gasteiger charge is 2.25. The van der Waals surface area contributed by atoms with Crippen LogP contribution in [0.1, 0.15) is 33.6 Å². The summed E-state index contributed by atoms with van der Waals surface area (Å²) in [6.07, 6.45) is 2.08. The van der Waals surface area contributed by atoms with Gasteiger partial charge >= 0.3 is 0 Å². The number of hydrogen-bond acceptors (Lipinski definition) is 3. The number of hydrogen-bond donors (Lipinski definition) is 1. The summed E-state index contributed by atoms with van der Waals surface area (Å²) in [6, 6.07) is 17.1. The van der Waals surface area contributed by atoms with E-state index in [4.69, 9.17) is 4.98 Å². The van der Waals surface area contributed by atoms with Crippen molar-refractivity contribution in [3.05, 3.63) is 65.7 Å². The molecule has 0 aliphatic heterocycles. The molecule has 0 atom stereocenters. The van der Waals surface area contributed by atoms with Gasteiger partial charge in [-0.2, -0.15) is 0 Å². The predicted molar refractivity (Wildman–Crippen MR) is 106 cm³/mol. The van der Waals surface area contributed by atoms with E-state index in [1.165, 1.54) is 0 Å². The van der Waals surface area contributed by atoms with Crippen LogP contribution in [0.3, 0.4) is 0 Å². The highest BCUT2D eigenvalue weighted by Crippen LogP contribution is 2.27. The van der Waals surface area contributed by atoms with E-state index < -0.39 is 0 Å². The summed E-state index contributed by atoms with van der Waals surface area (Å²) in [7, 11) is 3.45. The predicted octanol–water partition coefficient (Wildman–Crippen LogP) is 3.50. The topological polar surface area (TPSA) is 62.3 Å². The highest BCUT2D eigenvalue weighted by molar-refractivity contribution is 6.07. The second kappa shape index (κ2) is 6.83. The Morgan fingerprint density at radius 2 is 1.81 bits per heavy atom. The molecule has 1 fully saturated rings. The number of aromatic nitrogens is 1. The van der Waals surface area contributed by atoms with E-state index >= 15 is 0 Å². The van der Waals surface area contributed by atoms with Crippen LogP contribution in [-0.4, -0.2) is 41.8 Å². The number of carbonyl (C=O) groups excluding carboxylic acids is 2. The van der Waals surface area contributed by atoms with Crippen molar-refractivity contribution in [3.8, 4) is 11.3 Å². The maximum Gasteiger partial charge on any atom is 0.253 e. The van der Waals surface area contributed by atoms with Crippen LogP contribution in [0.4, 0.5) is 0 Å². The Morgan fingerprint density at radius 3 is 2.56 bits per heavy atom. The van der Waals surface area contributed by atoms with Crippen LogP contribution in [0, 0.1) is 0 Å². The van der Waals surface area contributed by atoms with Gasteiger partial charge in [-0.15, -0.1) is 0 Å². The van der Waals surface area contributed by atoms with Gasteiger partial charge in [0.2, 0.25) is 0 Å². The zero-order valence-corrected chi connectivity index (χ0v) is 15.4. The molecule has 5 nitrogen and oxygen atoms in total. The van der Waals surface area contributed by atoms with Crippen LogP contribution >= 0.6 is 0 Å². The first-order valence-corrected chi connectivity index (χ1v) is 9.05. The lowest BCUT2D eigenvalue weighted by molar-refractivity contribution is 0.0827. The summed E-state index contributed by atoms with van der Waals surface area (Å²) >= 11 is 0. The number of pyridine rings is 1. The summed E-state index contributed by atoms with van der Waals surface area (Å²) in [5, 5.41) is 3.89. The first-order chi connectivity index (χ1) is 13.0. The Kier molecular flexibility index (Phi) is 4.36. The first kappa shape index (κ1) is 17.2. The average Bonchev–Trinajstić information content (AvgIpc) is 3.50. The Hall–Kier alpha value is -3.21. The second-order valence-electron chi connectivity index (χ2n) is 7.10. The number of fused-ring (bicyclic) bond motifs is 1. The lowest BCUT2D eigenvalue weighted by atomic mass is 10.0. The molecule has 1 heterocycles. The van der Waals surface area contributed by atoms with Crippen LogP contribution in [-0.2, 0) is 0 Å². The number of rotatable bonds is 4. The lowest BCUT2D eigenvalue weighted by Crippen LogP contribution is -2.25. The first-order valence-electron chi connectivity index (χ1n) is 9.05. The Morgan fingerprint density at radius 1 is 1.04 bits per heavy atom. The van der Waals surface area contributed by atoms with Crippen molar-refractivity contribution in [2.45, 2.75) is 18.9 Å². The van der Waals surface area contributed by atoms with E-state index in [1.807, 2.05) is 48.5 Å². The molecular weight excluding hydrogens is 338 g/mol. The van der Waals surface area contributed by atoms with Crippen LogP contribution < -0.4 is 5.32 Å². The van der Waals surface area contributed by atoms with Gasteiger partial charge in [-0.25, -0.2) is 4.98 Å². The zero-order valence-electron chi connectivity index (χ0n) is 15.4. The van der Waals surface area contributed by atoms with Gasteiger partial charge < -0.3 is 10.2 Å². The summed E-state index contributed by atoms with van der Waals surface area (Å²) in [5.74, 6) is -0.137. The van der Waals surface area contributed by atoms with Gasteiger partial charge in [0.05, 0.1) is 16.8 Å². The molecule has 0 bridgehead atoms. The molecule has 5 heteroatoms. The standard InChI is InChI=1S/C22H21N3O2/c1-25(2)22(27)15-7-5-6-14(12-15)20-13-18(21(26)23-16-10-11-16)17-8-3-4-9-19(17)24-20/h3-9,12-13,16H,10-11H2,1-2H3,(H,23,26). The summed E-state index contributed by atoms with van der Waals surface area (Å²) in [4.78, 5) is 31.3. The molecule has 2 amide bonds. The van der Waals surface area contributed by atoms with Gasteiger partial charge in [0.25, 0.3) is 11.8 Å². The molecule has 2 aromatic carbocycles. The fraction of sp³-hybridized carbons (Fsp3) is 0.227. The largest absolute Gasteiger partial charge is 0.349 e. The number of carbonyl (C=O) groups is 2. The normalized spacial score (nSPS) is 13.4. The van der Waals surface area contributed by atoms with Gasteiger partial charge in [0.15, 0.2) is 0 Å². The van der Waals surface area contributed by atoms with Gasteiger partial charge in [-0.1, -0.05) is 30.3 Å². The molecule has 1 aliphatic carbocycles. The summed E-state index contributed by atoms with van der Waals surface area (Å²) in [5.41, 5.74) is 3.47. The van der Waals surface area contributed by atoms with E-state index in [2.05, 4.69) is 5.32 Å². The summed E-state index contributed by atoms with van der Waals surface area (Å²) < 4.78 is 0. The molecule has 0 spiro atoms. The zero-order chi connectivity index (χ0) is 19.0. The van der Waals surface area contributed by atoms with Gasteiger partial charge in [-0.3, -0.25) is 9.59 Å². The van der Waals surface area contributed by atoms with Crippen LogP contribution in [0.15, 0.2) is 54.6 Å². The molecule has 0 radical (unpaired) electrons. The fourth-order valence-electron chi connectivity index (χ4n) is 3.07. The maximum atomic E-state index is 12.8. The SMILES string of the molecule is CN(C)C(=O)c1cccc(-c2cc(C(=O)NC3CC3)c3ccccc3n2)c1. The molecule has 0 unspecified atom stereocenters. The van der Waals surface area contributed by atoms with Crippen LogP contribution in [0.5, 0.6) is 0 Å². The number of nitrogens with one attached hydrogen (secondary N) is 1. The highest BCUT2D eigenvalue weighted by atomic mass is 16.2. The molecule has 1 aromatic heterocycles. The van der Waals surface area contributed by atoms with E-state index in [0.29, 0.717) is 16.8 Å². The third kappa shape index (κ3) is 3.53. The number of benzene rings is 2. The van der Waals surface area contributed by atoms with Crippen LogP contribution in [0.2, 0.25) is 0 Å². The summed E-state index contributed by atoms with van der Waals surface area (Å²) in [6.45, 7) is 0. The number of nitrogens with zero attached hydrogens (tertiary/aromatic N) is 2. The van der Waals surface area contributed by atoms with Crippen molar-refractivity contribution >= 4 is 22.7 Å². The smallest absolute Gasteiger partial charge is 0.253 e. The Labute approximate surface area is 158 Å². The monoisotopic (exact) mass is 359 g/mol. The van der Waals surface area contributed by atoms with Crippen molar-refractivity contribution in [3.63, 3.8) is 0 Å². The third-order valence-electron chi connectivity index (χ3n) is 4.68. The van der Waals surface area contributed by atoms with E-state index in [9.17, 15) is 9.59 Å². The quantitative estimate of drug-likeness (QED) is 0.776. The molecule has 3 aromatic rings. The molecule has 27 heavy (non-hydrogen) atoms. The third-order valence-corrected chi connectivity index (χ3v) is 4.68. The molecule has 1 aliphatic rings. The average molecular weight is 359 g/mol. The minimum absolute atomic E-state index is 0.0654. The van der Waals surface area contributed by atoms with E-state index in [1.54, 1.807) is 25.1 Å². The second-order valence-corrected chi connectivity index (χ2v) is 7.10. The fourth-order valence-corrected chi connectivity index (χ4v) is 3.07. The molecule has 136 valence electrons. The van der Waals surface area contributed by atoms with Crippen molar-refractivity contribution in [2.75, 3.05) is 14.1 Å². The van der Waals surface area contributed by atoms with Gasteiger partial charge in [0.1, 0.15) is 0 Å². The molecule has 0 saturated heterocycles. The lowest BCUT2D eigenvalue weighted by Gasteiger charge is -2.13. The molecule has 1 N–H and O–H groups in total. The molecule has 1 saturated carbocycles.